The number of unbranched alkanes of at least 4 members (excludes halogenated alkanes) is 2. The first kappa shape index (κ1) is 10.7. The van der Waals surface area contributed by atoms with Crippen molar-refractivity contribution in [1.29, 1.82) is 0 Å². The molecule has 0 fully saturated rings. The average molecular weight is 296 g/mol. The summed E-state index contributed by atoms with van der Waals surface area (Å²) >= 11 is -2.92. The standard InChI is InChI=1S/C5H11.3ClH.Sn/c1-3-5-4-2;;;;/h1,3-5H2,2H3;3*1H;/q;;;;+3/p-3. The van der Waals surface area contributed by atoms with Gasteiger partial charge in [0.15, 0.2) is 0 Å². The van der Waals surface area contributed by atoms with Gasteiger partial charge in [-0.25, -0.2) is 0 Å². The summed E-state index contributed by atoms with van der Waals surface area (Å²) in [4.78, 5) is 0. The van der Waals surface area contributed by atoms with Crippen molar-refractivity contribution in [3.8, 4) is 0 Å². The SMILES string of the molecule is CCCC[CH2][Sn]([Cl])([Cl])[Cl]. The van der Waals surface area contributed by atoms with Gasteiger partial charge in [-0.05, 0) is 0 Å². The Morgan fingerprint density at radius 3 is 2.00 bits per heavy atom. The molecule has 0 nitrogen and oxygen atoms in total. The quantitative estimate of drug-likeness (QED) is 0.546. The Kier molecular flexibility index (Phi) is 6.33. The second-order valence-electron chi connectivity index (χ2n) is 2.07. The summed E-state index contributed by atoms with van der Waals surface area (Å²) in [5.74, 6) is 0. The summed E-state index contributed by atoms with van der Waals surface area (Å²) in [5.41, 5.74) is 0. The summed E-state index contributed by atoms with van der Waals surface area (Å²) in [6.45, 7) is 2.15. The third-order valence-corrected chi connectivity index (χ3v) is 7.49. The molecule has 0 bridgehead atoms. The third-order valence-electron chi connectivity index (χ3n) is 1.06. The average Bonchev–Trinajstić information content (AvgIpc) is 1.63. The minimum absolute atomic E-state index is 0.882. The van der Waals surface area contributed by atoms with E-state index >= 15 is 0 Å². The van der Waals surface area contributed by atoms with Gasteiger partial charge in [-0.1, -0.05) is 0 Å². The normalized spacial score (nSPS) is 12.0. The van der Waals surface area contributed by atoms with Crippen molar-refractivity contribution in [2.75, 3.05) is 0 Å². The van der Waals surface area contributed by atoms with Crippen molar-refractivity contribution in [1.82, 2.24) is 0 Å². The molecule has 0 atom stereocenters. The van der Waals surface area contributed by atoms with Gasteiger partial charge in [0.25, 0.3) is 0 Å². The summed E-state index contributed by atoms with van der Waals surface area (Å²) < 4.78 is 0.882. The van der Waals surface area contributed by atoms with Crippen molar-refractivity contribution < 1.29 is 0 Å². The number of rotatable bonds is 4. The van der Waals surface area contributed by atoms with Crippen LogP contribution in [0.15, 0.2) is 0 Å². The van der Waals surface area contributed by atoms with E-state index in [1.54, 1.807) is 0 Å². The fraction of sp³-hybridized carbons (Fsp3) is 1.00. The van der Waals surface area contributed by atoms with Gasteiger partial charge >= 0.3 is 72.4 Å². The Balaban J connectivity index is 3.07. The van der Waals surface area contributed by atoms with Gasteiger partial charge in [-0.3, -0.25) is 0 Å². The van der Waals surface area contributed by atoms with Crippen molar-refractivity contribution >= 4 is 41.8 Å². The van der Waals surface area contributed by atoms with E-state index in [-0.39, 0.29) is 0 Å². The van der Waals surface area contributed by atoms with Crippen LogP contribution >= 0.6 is 26.8 Å². The fourth-order valence-corrected chi connectivity index (χ4v) is 5.12. The predicted octanol–water partition coefficient (Wildman–Crippen LogP) is 3.83. The van der Waals surface area contributed by atoms with Gasteiger partial charge in [-0.15, -0.1) is 0 Å². The van der Waals surface area contributed by atoms with Crippen LogP contribution in [0.4, 0.5) is 0 Å². The van der Waals surface area contributed by atoms with Gasteiger partial charge in [0.05, 0.1) is 0 Å². The van der Waals surface area contributed by atoms with Crippen molar-refractivity contribution in [2.24, 2.45) is 0 Å². The molecule has 0 rings (SSSR count). The van der Waals surface area contributed by atoms with E-state index in [2.05, 4.69) is 6.92 Å². The zero-order valence-electron chi connectivity index (χ0n) is 5.46. The Hall–Kier alpha value is 1.67. The molecule has 9 heavy (non-hydrogen) atoms. The molecule has 0 aliphatic rings. The maximum absolute atomic E-state index is 5.71. The minimum atomic E-state index is -2.92. The second kappa shape index (κ2) is 5.34. The van der Waals surface area contributed by atoms with Crippen LogP contribution in [0, 0.1) is 0 Å². The van der Waals surface area contributed by atoms with E-state index in [1.165, 1.54) is 12.8 Å². The van der Waals surface area contributed by atoms with E-state index in [9.17, 15) is 0 Å². The van der Waals surface area contributed by atoms with Crippen LogP contribution in [0.25, 0.3) is 0 Å². The Morgan fingerprint density at radius 2 is 1.67 bits per heavy atom. The van der Waals surface area contributed by atoms with Gasteiger partial charge in [0.2, 0.25) is 0 Å². The summed E-state index contributed by atoms with van der Waals surface area (Å²) in [6.07, 6.45) is 3.50. The van der Waals surface area contributed by atoms with Crippen LogP contribution in [0.2, 0.25) is 4.44 Å². The predicted molar refractivity (Wildman–Crippen MR) is 47.6 cm³/mol. The first-order chi connectivity index (χ1) is 4.06. The molecule has 56 valence electrons. The monoisotopic (exact) mass is 296 g/mol. The molecule has 4 heteroatoms. The Morgan fingerprint density at radius 1 is 1.11 bits per heavy atom. The zero-order chi connectivity index (χ0) is 7.33. The van der Waals surface area contributed by atoms with Crippen molar-refractivity contribution in [3.63, 3.8) is 0 Å². The third kappa shape index (κ3) is 9.67. The van der Waals surface area contributed by atoms with Crippen molar-refractivity contribution in [2.45, 2.75) is 30.6 Å². The van der Waals surface area contributed by atoms with E-state index in [0.717, 1.165) is 10.9 Å². The number of halogens is 3. The molecule has 0 aliphatic heterocycles. The second-order valence-corrected chi connectivity index (χ2v) is 23.9. The molecule has 0 saturated heterocycles. The summed E-state index contributed by atoms with van der Waals surface area (Å²) in [5, 5.41) is 0. The van der Waals surface area contributed by atoms with Crippen LogP contribution < -0.4 is 0 Å². The van der Waals surface area contributed by atoms with Crippen LogP contribution in [0.3, 0.4) is 0 Å². The molecule has 0 aromatic heterocycles. The maximum atomic E-state index is 5.71. The van der Waals surface area contributed by atoms with E-state index in [1.807, 2.05) is 0 Å². The molecule has 0 N–H and O–H groups in total. The van der Waals surface area contributed by atoms with Crippen LogP contribution in [0.5, 0.6) is 0 Å². The van der Waals surface area contributed by atoms with Gasteiger partial charge in [-0.2, -0.15) is 0 Å². The summed E-state index contributed by atoms with van der Waals surface area (Å²) in [6, 6.07) is 0. The Bertz CT molecular complexity index is 69.1. The molecule has 0 aromatic carbocycles. The molecule has 0 saturated carbocycles. The molecule has 0 aromatic rings. The first-order valence-electron chi connectivity index (χ1n) is 3.13. The molecule has 0 heterocycles. The van der Waals surface area contributed by atoms with Crippen LogP contribution in [-0.4, -0.2) is 15.0 Å². The molecule has 0 amide bonds. The van der Waals surface area contributed by atoms with E-state index in [0.29, 0.717) is 0 Å². The summed E-state index contributed by atoms with van der Waals surface area (Å²) in [7, 11) is 17.1. The zero-order valence-corrected chi connectivity index (χ0v) is 10.6. The first-order valence-corrected chi connectivity index (χ1v) is 16.0. The van der Waals surface area contributed by atoms with E-state index < -0.39 is 15.0 Å². The van der Waals surface area contributed by atoms with Gasteiger partial charge in [0, 0.05) is 0 Å². The topological polar surface area (TPSA) is 0 Å². The van der Waals surface area contributed by atoms with Gasteiger partial charge in [0.1, 0.15) is 0 Å². The molecular weight excluding hydrogens is 285 g/mol. The fourth-order valence-electron chi connectivity index (χ4n) is 0.575. The molecule has 0 aliphatic carbocycles. The van der Waals surface area contributed by atoms with Crippen molar-refractivity contribution in [3.05, 3.63) is 0 Å². The number of hydrogen-bond acceptors (Lipinski definition) is 0. The molecule has 0 spiro atoms. The van der Waals surface area contributed by atoms with Crippen LogP contribution in [-0.2, 0) is 0 Å². The van der Waals surface area contributed by atoms with Gasteiger partial charge < -0.3 is 0 Å². The van der Waals surface area contributed by atoms with Crippen LogP contribution in [0.1, 0.15) is 26.2 Å². The molecule has 0 radical (unpaired) electrons. The molecule has 0 unspecified atom stereocenters. The van der Waals surface area contributed by atoms with E-state index in [4.69, 9.17) is 26.8 Å². The molecular formula is C5H11Cl3Sn. The Labute approximate surface area is 71.9 Å². The number of hydrogen-bond donors (Lipinski definition) is 0.